The average molecular weight is 222 g/mol. The molecule has 0 spiro atoms. The highest BCUT2D eigenvalue weighted by Crippen LogP contribution is 2.20. The van der Waals surface area contributed by atoms with Crippen LogP contribution >= 0.6 is 0 Å². The Morgan fingerprint density at radius 2 is 2.12 bits per heavy atom. The minimum atomic E-state index is 0.0754. The van der Waals surface area contributed by atoms with Gasteiger partial charge in [-0.1, -0.05) is 25.1 Å². The summed E-state index contributed by atoms with van der Waals surface area (Å²) in [6.45, 7) is 7.73. The lowest BCUT2D eigenvalue weighted by molar-refractivity contribution is 0.112. The van der Waals surface area contributed by atoms with Crippen LogP contribution in [0.2, 0.25) is 0 Å². The molecule has 1 rings (SSSR count). The van der Waals surface area contributed by atoms with Crippen LogP contribution in [0.15, 0.2) is 18.2 Å². The first-order valence-corrected chi connectivity index (χ1v) is 5.80. The third-order valence-electron chi connectivity index (χ3n) is 2.86. The predicted octanol–water partition coefficient (Wildman–Crippen LogP) is 2.23. The molecule has 1 aromatic rings. The Balaban J connectivity index is 2.74. The molecule has 1 aromatic carbocycles. The molecule has 0 amide bonds. The Labute approximate surface area is 98.0 Å². The van der Waals surface area contributed by atoms with Crippen molar-refractivity contribution >= 4 is 0 Å². The van der Waals surface area contributed by atoms with Crippen LogP contribution < -0.4 is 11.3 Å². The van der Waals surface area contributed by atoms with E-state index in [1.807, 2.05) is 0 Å². The summed E-state index contributed by atoms with van der Waals surface area (Å²) in [7, 11) is 0. The van der Waals surface area contributed by atoms with Crippen LogP contribution in [0.4, 0.5) is 0 Å². The Morgan fingerprint density at radius 3 is 2.75 bits per heavy atom. The topological polar surface area (TPSA) is 47.3 Å². The molecule has 1 unspecified atom stereocenters. The quantitative estimate of drug-likeness (QED) is 0.441. The highest BCUT2D eigenvalue weighted by molar-refractivity contribution is 5.35. The predicted molar refractivity (Wildman–Crippen MR) is 67.1 cm³/mol. The van der Waals surface area contributed by atoms with Crippen molar-refractivity contribution in [3.63, 3.8) is 0 Å². The summed E-state index contributed by atoms with van der Waals surface area (Å²) in [4.78, 5) is 0. The van der Waals surface area contributed by atoms with Gasteiger partial charge >= 0.3 is 0 Å². The fourth-order valence-corrected chi connectivity index (χ4v) is 1.72. The molecule has 0 aromatic heterocycles. The number of ether oxygens (including phenoxy) is 1. The molecule has 0 saturated heterocycles. The van der Waals surface area contributed by atoms with Gasteiger partial charge in [-0.25, -0.2) is 0 Å². The van der Waals surface area contributed by atoms with E-state index in [9.17, 15) is 0 Å². The summed E-state index contributed by atoms with van der Waals surface area (Å²) in [5.41, 5.74) is 6.61. The van der Waals surface area contributed by atoms with E-state index in [2.05, 4.69) is 44.4 Å². The molecule has 16 heavy (non-hydrogen) atoms. The molecule has 0 radical (unpaired) electrons. The number of rotatable bonds is 6. The summed E-state index contributed by atoms with van der Waals surface area (Å²) >= 11 is 0. The molecule has 0 aliphatic heterocycles. The van der Waals surface area contributed by atoms with Gasteiger partial charge in [-0.05, 0) is 37.0 Å². The second kappa shape index (κ2) is 6.63. The number of benzene rings is 1. The monoisotopic (exact) mass is 222 g/mol. The van der Waals surface area contributed by atoms with Crippen molar-refractivity contribution < 1.29 is 4.74 Å². The van der Waals surface area contributed by atoms with Gasteiger partial charge in [0.15, 0.2) is 0 Å². The molecule has 0 fully saturated rings. The maximum atomic E-state index is 5.58. The van der Waals surface area contributed by atoms with Crippen LogP contribution in [-0.4, -0.2) is 13.2 Å². The van der Waals surface area contributed by atoms with Crippen molar-refractivity contribution in [2.45, 2.75) is 33.2 Å². The second-order valence-corrected chi connectivity index (χ2v) is 4.08. The van der Waals surface area contributed by atoms with Gasteiger partial charge < -0.3 is 4.74 Å². The van der Waals surface area contributed by atoms with E-state index < -0.39 is 0 Å². The van der Waals surface area contributed by atoms with Crippen molar-refractivity contribution in [2.24, 2.45) is 5.84 Å². The molecule has 1 atom stereocenters. The first-order valence-electron chi connectivity index (χ1n) is 5.80. The van der Waals surface area contributed by atoms with Gasteiger partial charge in [0.05, 0.1) is 12.6 Å². The van der Waals surface area contributed by atoms with Crippen molar-refractivity contribution in [3.05, 3.63) is 34.9 Å². The highest BCUT2D eigenvalue weighted by Gasteiger charge is 2.12. The molecule has 0 heterocycles. The maximum absolute atomic E-state index is 5.58. The fraction of sp³-hybridized carbons (Fsp3) is 0.538. The average Bonchev–Trinajstić information content (AvgIpc) is 2.29. The molecule has 0 aliphatic rings. The van der Waals surface area contributed by atoms with Crippen molar-refractivity contribution in [1.29, 1.82) is 0 Å². The van der Waals surface area contributed by atoms with E-state index in [0.717, 1.165) is 13.0 Å². The Bertz CT molecular complexity index is 326. The number of hydrazine groups is 1. The van der Waals surface area contributed by atoms with Crippen LogP contribution in [0.1, 0.15) is 36.1 Å². The number of hydrogen-bond donors (Lipinski definition) is 2. The maximum Gasteiger partial charge on any atom is 0.0696 e. The SMILES string of the molecule is CCCOCC(NN)c1cccc(C)c1C. The molecular weight excluding hydrogens is 200 g/mol. The van der Waals surface area contributed by atoms with Crippen LogP contribution in [0.3, 0.4) is 0 Å². The lowest BCUT2D eigenvalue weighted by atomic mass is 9.98. The lowest BCUT2D eigenvalue weighted by Gasteiger charge is -2.19. The third-order valence-corrected chi connectivity index (χ3v) is 2.86. The van der Waals surface area contributed by atoms with E-state index in [1.165, 1.54) is 16.7 Å². The molecule has 3 nitrogen and oxygen atoms in total. The van der Waals surface area contributed by atoms with E-state index in [1.54, 1.807) is 0 Å². The second-order valence-electron chi connectivity index (χ2n) is 4.08. The van der Waals surface area contributed by atoms with Crippen LogP contribution in [-0.2, 0) is 4.74 Å². The Kier molecular flexibility index (Phi) is 5.46. The lowest BCUT2D eigenvalue weighted by Crippen LogP contribution is -2.32. The van der Waals surface area contributed by atoms with E-state index in [-0.39, 0.29) is 6.04 Å². The van der Waals surface area contributed by atoms with Crippen LogP contribution in [0, 0.1) is 13.8 Å². The van der Waals surface area contributed by atoms with E-state index in [0.29, 0.717) is 6.61 Å². The van der Waals surface area contributed by atoms with Gasteiger partial charge in [0.2, 0.25) is 0 Å². The number of nitrogens with one attached hydrogen (secondary N) is 1. The summed E-state index contributed by atoms with van der Waals surface area (Å²) in [5.74, 6) is 5.58. The zero-order chi connectivity index (χ0) is 12.0. The van der Waals surface area contributed by atoms with Gasteiger partial charge in [-0.2, -0.15) is 0 Å². The number of aryl methyl sites for hydroxylation is 1. The molecule has 90 valence electrons. The molecular formula is C13H22N2O. The van der Waals surface area contributed by atoms with Crippen molar-refractivity contribution in [1.82, 2.24) is 5.43 Å². The van der Waals surface area contributed by atoms with Crippen molar-refractivity contribution in [3.8, 4) is 0 Å². The number of hydrogen-bond acceptors (Lipinski definition) is 3. The summed E-state index contributed by atoms with van der Waals surface area (Å²) in [5, 5.41) is 0. The van der Waals surface area contributed by atoms with Gasteiger partial charge in [0, 0.05) is 6.61 Å². The van der Waals surface area contributed by atoms with Gasteiger partial charge in [0.1, 0.15) is 0 Å². The third kappa shape index (κ3) is 3.30. The minimum absolute atomic E-state index is 0.0754. The largest absolute Gasteiger partial charge is 0.379 e. The normalized spacial score (nSPS) is 12.8. The van der Waals surface area contributed by atoms with Crippen LogP contribution in [0.5, 0.6) is 0 Å². The molecule has 0 bridgehead atoms. The van der Waals surface area contributed by atoms with E-state index in [4.69, 9.17) is 10.6 Å². The molecule has 3 N–H and O–H groups in total. The summed E-state index contributed by atoms with van der Waals surface area (Å²) < 4.78 is 5.54. The fourth-order valence-electron chi connectivity index (χ4n) is 1.72. The molecule has 0 aliphatic carbocycles. The smallest absolute Gasteiger partial charge is 0.0696 e. The minimum Gasteiger partial charge on any atom is -0.379 e. The van der Waals surface area contributed by atoms with Gasteiger partial charge in [0.25, 0.3) is 0 Å². The summed E-state index contributed by atoms with van der Waals surface area (Å²) in [6.07, 6.45) is 1.03. The standard InChI is InChI=1S/C13H22N2O/c1-4-8-16-9-13(15-14)12-7-5-6-10(2)11(12)3/h5-7,13,15H,4,8-9,14H2,1-3H3. The molecule has 0 saturated carbocycles. The first-order chi connectivity index (χ1) is 7.70. The zero-order valence-electron chi connectivity index (χ0n) is 10.4. The Hall–Kier alpha value is -0.900. The van der Waals surface area contributed by atoms with Gasteiger partial charge in [-0.15, -0.1) is 0 Å². The first kappa shape index (κ1) is 13.2. The number of nitrogens with two attached hydrogens (primary N) is 1. The van der Waals surface area contributed by atoms with Crippen molar-refractivity contribution in [2.75, 3.05) is 13.2 Å². The van der Waals surface area contributed by atoms with Gasteiger partial charge in [-0.3, -0.25) is 11.3 Å². The summed E-state index contributed by atoms with van der Waals surface area (Å²) in [6, 6.07) is 6.34. The Morgan fingerprint density at radius 1 is 1.38 bits per heavy atom. The van der Waals surface area contributed by atoms with E-state index >= 15 is 0 Å². The highest BCUT2D eigenvalue weighted by atomic mass is 16.5. The van der Waals surface area contributed by atoms with Crippen LogP contribution in [0.25, 0.3) is 0 Å². The zero-order valence-corrected chi connectivity index (χ0v) is 10.4. The molecule has 3 heteroatoms.